The number of rotatable bonds is 4. The van der Waals surface area contributed by atoms with Gasteiger partial charge in [0.2, 0.25) is 5.91 Å². The number of anilines is 1. The van der Waals surface area contributed by atoms with E-state index in [-0.39, 0.29) is 11.5 Å². The molecule has 0 saturated carbocycles. The Labute approximate surface area is 147 Å². The Morgan fingerprint density at radius 3 is 2.83 bits per heavy atom. The number of nitrogens with one attached hydrogen (secondary N) is 2. The number of aromatic amines is 1. The number of hydrogen-bond donors (Lipinski definition) is 2. The second-order valence-corrected chi connectivity index (χ2v) is 6.91. The molecule has 2 N–H and O–H groups in total. The maximum absolute atomic E-state index is 12.3. The van der Waals surface area contributed by atoms with Gasteiger partial charge >= 0.3 is 0 Å². The monoisotopic (exact) mass is 359 g/mol. The highest BCUT2D eigenvalue weighted by atomic mass is 35.5. The van der Waals surface area contributed by atoms with Crippen LogP contribution in [-0.4, -0.2) is 21.1 Å². The van der Waals surface area contributed by atoms with E-state index in [1.165, 1.54) is 11.8 Å². The van der Waals surface area contributed by atoms with E-state index in [1.807, 2.05) is 6.07 Å². The number of thioether (sulfide) groups is 1. The lowest BCUT2D eigenvalue weighted by molar-refractivity contribution is -0.115. The molecule has 2 aromatic carbocycles. The zero-order chi connectivity index (χ0) is 17.1. The highest BCUT2D eigenvalue weighted by Gasteiger charge is 2.16. The first-order valence-electron chi connectivity index (χ1n) is 7.25. The fourth-order valence-electron chi connectivity index (χ4n) is 2.15. The summed E-state index contributed by atoms with van der Waals surface area (Å²) >= 11 is 7.10. The number of nitrogens with zero attached hydrogens (tertiary/aromatic N) is 1. The third-order valence-corrected chi connectivity index (χ3v) is 4.56. The third kappa shape index (κ3) is 3.77. The van der Waals surface area contributed by atoms with Crippen molar-refractivity contribution >= 4 is 45.9 Å². The Kier molecular flexibility index (Phi) is 4.87. The van der Waals surface area contributed by atoms with Crippen LogP contribution in [0.5, 0.6) is 0 Å². The predicted molar refractivity (Wildman–Crippen MR) is 97.8 cm³/mol. The van der Waals surface area contributed by atoms with Gasteiger partial charge in [-0.3, -0.25) is 9.59 Å². The maximum Gasteiger partial charge on any atom is 0.259 e. The zero-order valence-corrected chi connectivity index (χ0v) is 14.3. The molecule has 0 bridgehead atoms. The Bertz CT molecular complexity index is 958. The molecule has 1 amide bonds. The van der Waals surface area contributed by atoms with Gasteiger partial charge in [-0.1, -0.05) is 41.6 Å². The third-order valence-electron chi connectivity index (χ3n) is 3.34. The summed E-state index contributed by atoms with van der Waals surface area (Å²) in [6, 6.07) is 14.0. The van der Waals surface area contributed by atoms with E-state index in [0.717, 1.165) is 0 Å². The minimum atomic E-state index is -0.437. The molecular weight excluding hydrogens is 346 g/mol. The van der Waals surface area contributed by atoms with E-state index < -0.39 is 5.25 Å². The number of hydrogen-bond acceptors (Lipinski definition) is 4. The molecule has 0 fully saturated rings. The van der Waals surface area contributed by atoms with Crippen molar-refractivity contribution in [3.05, 3.63) is 63.9 Å². The van der Waals surface area contributed by atoms with Gasteiger partial charge < -0.3 is 10.3 Å². The number of carbonyl (C=O) groups excluding carboxylic acids is 1. The van der Waals surface area contributed by atoms with Crippen LogP contribution >= 0.6 is 23.4 Å². The molecular formula is C17H14ClN3O2S. The van der Waals surface area contributed by atoms with Crippen molar-refractivity contribution in [3.8, 4) is 0 Å². The van der Waals surface area contributed by atoms with Gasteiger partial charge in [-0.15, -0.1) is 0 Å². The molecule has 0 unspecified atom stereocenters. The standard InChI is InChI=1S/C17H14ClN3O2S/c1-10(15(22)19-12-6-4-5-11(18)9-12)24-17-20-14-8-3-2-7-13(14)16(23)21-17/h2-10H,1H3,(H,19,22)(H,20,21,23)/t10-/m1/s1. The summed E-state index contributed by atoms with van der Waals surface area (Å²) in [7, 11) is 0. The van der Waals surface area contributed by atoms with Gasteiger partial charge in [0.25, 0.3) is 5.56 Å². The van der Waals surface area contributed by atoms with E-state index in [4.69, 9.17) is 11.6 Å². The van der Waals surface area contributed by atoms with Crippen molar-refractivity contribution in [1.82, 2.24) is 9.97 Å². The van der Waals surface area contributed by atoms with Crippen molar-refractivity contribution in [2.45, 2.75) is 17.3 Å². The van der Waals surface area contributed by atoms with Crippen LogP contribution in [0, 0.1) is 0 Å². The summed E-state index contributed by atoms with van der Waals surface area (Å²) in [6.45, 7) is 1.75. The first-order valence-corrected chi connectivity index (χ1v) is 8.51. The van der Waals surface area contributed by atoms with Gasteiger partial charge in [-0.05, 0) is 37.3 Å². The molecule has 0 saturated heterocycles. The number of carbonyl (C=O) groups is 1. The molecule has 0 aliphatic rings. The number of H-pyrrole nitrogens is 1. The minimum Gasteiger partial charge on any atom is -0.325 e. The highest BCUT2D eigenvalue weighted by molar-refractivity contribution is 8.00. The van der Waals surface area contributed by atoms with Gasteiger partial charge in [-0.25, -0.2) is 4.98 Å². The smallest absolute Gasteiger partial charge is 0.259 e. The van der Waals surface area contributed by atoms with Crippen molar-refractivity contribution in [3.63, 3.8) is 0 Å². The maximum atomic E-state index is 12.3. The molecule has 1 atom stereocenters. The first kappa shape index (κ1) is 16.5. The van der Waals surface area contributed by atoms with Gasteiger partial charge in [-0.2, -0.15) is 0 Å². The van der Waals surface area contributed by atoms with Crippen LogP contribution in [0.1, 0.15) is 6.92 Å². The fourth-order valence-corrected chi connectivity index (χ4v) is 3.15. The Morgan fingerprint density at radius 1 is 1.25 bits per heavy atom. The second-order valence-electron chi connectivity index (χ2n) is 5.15. The molecule has 0 spiro atoms. The molecule has 0 aliphatic heterocycles. The average molecular weight is 360 g/mol. The van der Waals surface area contributed by atoms with Crippen molar-refractivity contribution in [2.75, 3.05) is 5.32 Å². The largest absolute Gasteiger partial charge is 0.325 e. The quantitative estimate of drug-likeness (QED) is 0.550. The van der Waals surface area contributed by atoms with E-state index in [9.17, 15) is 9.59 Å². The van der Waals surface area contributed by atoms with Crippen LogP contribution in [0.4, 0.5) is 5.69 Å². The van der Waals surface area contributed by atoms with Crippen LogP contribution in [-0.2, 0) is 4.79 Å². The van der Waals surface area contributed by atoms with E-state index in [1.54, 1.807) is 49.4 Å². The minimum absolute atomic E-state index is 0.196. The van der Waals surface area contributed by atoms with Gasteiger partial charge in [0.05, 0.1) is 16.2 Å². The summed E-state index contributed by atoms with van der Waals surface area (Å²) in [5, 5.41) is 3.84. The molecule has 0 radical (unpaired) electrons. The lowest BCUT2D eigenvalue weighted by Gasteiger charge is -2.11. The van der Waals surface area contributed by atoms with Crippen LogP contribution < -0.4 is 10.9 Å². The number of halogens is 1. The Balaban J connectivity index is 1.75. The van der Waals surface area contributed by atoms with Crippen LogP contribution in [0.15, 0.2) is 58.5 Å². The number of benzene rings is 2. The Morgan fingerprint density at radius 2 is 2.04 bits per heavy atom. The highest BCUT2D eigenvalue weighted by Crippen LogP contribution is 2.22. The van der Waals surface area contributed by atoms with Crippen LogP contribution in [0.2, 0.25) is 5.02 Å². The lowest BCUT2D eigenvalue weighted by atomic mass is 10.2. The van der Waals surface area contributed by atoms with Crippen LogP contribution in [0.25, 0.3) is 10.9 Å². The van der Waals surface area contributed by atoms with Crippen molar-refractivity contribution < 1.29 is 4.79 Å². The molecule has 7 heteroatoms. The number of para-hydroxylation sites is 1. The fraction of sp³-hybridized carbons (Fsp3) is 0.118. The van der Waals surface area contributed by atoms with Crippen LogP contribution in [0.3, 0.4) is 0 Å². The van der Waals surface area contributed by atoms with E-state index in [0.29, 0.717) is 26.8 Å². The summed E-state index contributed by atoms with van der Waals surface area (Å²) in [4.78, 5) is 31.4. The summed E-state index contributed by atoms with van der Waals surface area (Å²) in [5.74, 6) is -0.196. The first-order chi connectivity index (χ1) is 11.5. The Hall–Kier alpha value is -2.31. The number of amides is 1. The van der Waals surface area contributed by atoms with E-state index >= 15 is 0 Å². The lowest BCUT2D eigenvalue weighted by Crippen LogP contribution is -2.23. The molecule has 24 heavy (non-hydrogen) atoms. The number of fused-ring (bicyclic) bond motifs is 1. The van der Waals surface area contributed by atoms with Gasteiger partial charge in [0.1, 0.15) is 0 Å². The molecule has 0 aliphatic carbocycles. The summed E-state index contributed by atoms with van der Waals surface area (Å²) in [6.07, 6.45) is 0. The molecule has 5 nitrogen and oxygen atoms in total. The average Bonchev–Trinajstić information content (AvgIpc) is 2.55. The molecule has 1 aromatic heterocycles. The number of aromatic nitrogens is 2. The molecule has 3 rings (SSSR count). The normalized spacial score (nSPS) is 12.1. The summed E-state index contributed by atoms with van der Waals surface area (Å²) < 4.78 is 0. The topological polar surface area (TPSA) is 74.8 Å². The molecule has 122 valence electrons. The van der Waals surface area contributed by atoms with Crippen molar-refractivity contribution in [1.29, 1.82) is 0 Å². The molecule has 1 heterocycles. The molecule has 3 aromatic rings. The zero-order valence-electron chi connectivity index (χ0n) is 12.7. The van der Waals surface area contributed by atoms with Crippen molar-refractivity contribution in [2.24, 2.45) is 0 Å². The van der Waals surface area contributed by atoms with E-state index in [2.05, 4.69) is 15.3 Å². The van der Waals surface area contributed by atoms with Gasteiger partial charge in [0, 0.05) is 10.7 Å². The summed E-state index contributed by atoms with van der Waals surface area (Å²) in [5.41, 5.74) is 1.01. The SMILES string of the molecule is C[C@@H](Sc1nc2ccccc2c(=O)[nH]1)C(=O)Nc1cccc(Cl)c1. The predicted octanol–water partition coefficient (Wildman–Crippen LogP) is 3.70. The second kappa shape index (κ2) is 7.07. The van der Waals surface area contributed by atoms with Gasteiger partial charge in [0.15, 0.2) is 5.16 Å².